The number of halogens is 1. The minimum absolute atomic E-state index is 0.280. The topological polar surface area (TPSA) is 36.7 Å². The molecule has 4 heteroatoms. The molecule has 1 heterocycles. The molecule has 2 nitrogen and oxygen atoms in total. The zero-order valence-electron chi connectivity index (χ0n) is 12.7. The van der Waals surface area contributed by atoms with E-state index in [9.17, 15) is 9.65 Å². The van der Waals surface area contributed by atoms with Gasteiger partial charge in [-0.3, -0.25) is 0 Å². The average molecular weight is 332 g/mol. The maximum Gasteiger partial charge on any atom is 0.134 e. The maximum absolute atomic E-state index is 13.0. The van der Waals surface area contributed by atoms with Crippen molar-refractivity contribution in [1.82, 2.24) is 4.98 Å². The fourth-order valence-electron chi connectivity index (χ4n) is 2.13. The summed E-state index contributed by atoms with van der Waals surface area (Å²) in [5.41, 5.74) is 3.14. The Kier molecular flexibility index (Phi) is 4.95. The lowest BCUT2D eigenvalue weighted by molar-refractivity contribution is 0.628. The summed E-state index contributed by atoms with van der Waals surface area (Å²) in [6.45, 7) is 0. The van der Waals surface area contributed by atoms with Gasteiger partial charge in [0, 0.05) is 10.9 Å². The van der Waals surface area contributed by atoms with E-state index in [1.54, 1.807) is 18.2 Å². The third-order valence-corrected chi connectivity index (χ3v) is 4.22. The van der Waals surface area contributed by atoms with Crippen LogP contribution in [0.15, 0.2) is 72.1 Å². The van der Waals surface area contributed by atoms with Gasteiger partial charge in [0.15, 0.2) is 0 Å². The fourth-order valence-corrected chi connectivity index (χ4v) is 2.93. The highest BCUT2D eigenvalue weighted by Crippen LogP contribution is 2.26. The van der Waals surface area contributed by atoms with E-state index in [4.69, 9.17) is 0 Å². The molecular weight excluding hydrogens is 319 g/mol. The van der Waals surface area contributed by atoms with Gasteiger partial charge in [-0.25, -0.2) is 9.37 Å². The number of benzene rings is 2. The molecule has 0 spiro atoms. The molecule has 0 bridgehead atoms. The smallest absolute Gasteiger partial charge is 0.134 e. The number of allylic oxidation sites excluding steroid dienone is 3. The molecule has 1 aromatic heterocycles. The maximum atomic E-state index is 13.0. The highest BCUT2D eigenvalue weighted by atomic mass is 32.1. The third-order valence-electron chi connectivity index (χ3n) is 3.35. The summed E-state index contributed by atoms with van der Waals surface area (Å²) < 4.78 is 13.0. The number of nitriles is 1. The number of rotatable bonds is 4. The van der Waals surface area contributed by atoms with Crippen LogP contribution in [0.1, 0.15) is 10.6 Å². The molecular formula is C20H13FN2S. The summed E-state index contributed by atoms with van der Waals surface area (Å²) in [4.78, 5) is 4.48. The van der Waals surface area contributed by atoms with E-state index in [0.717, 1.165) is 16.8 Å². The molecule has 0 aliphatic rings. The zero-order valence-corrected chi connectivity index (χ0v) is 13.5. The van der Waals surface area contributed by atoms with E-state index in [2.05, 4.69) is 11.1 Å². The van der Waals surface area contributed by atoms with Gasteiger partial charge in [0.25, 0.3) is 0 Å². The van der Waals surface area contributed by atoms with Crippen LogP contribution in [0.25, 0.3) is 22.9 Å². The predicted molar refractivity (Wildman–Crippen MR) is 96.6 cm³/mol. The van der Waals surface area contributed by atoms with Crippen molar-refractivity contribution in [1.29, 1.82) is 5.26 Å². The largest absolute Gasteiger partial charge is 0.235 e. The molecule has 2 aromatic carbocycles. The quantitative estimate of drug-likeness (QED) is 0.462. The van der Waals surface area contributed by atoms with Crippen LogP contribution in [0.2, 0.25) is 0 Å². The van der Waals surface area contributed by atoms with Gasteiger partial charge in [-0.2, -0.15) is 5.26 Å². The first kappa shape index (κ1) is 15.9. The third kappa shape index (κ3) is 3.83. The first-order chi connectivity index (χ1) is 11.8. The van der Waals surface area contributed by atoms with Gasteiger partial charge in [-0.05, 0) is 35.9 Å². The summed E-state index contributed by atoms with van der Waals surface area (Å²) in [5.74, 6) is -0.280. The van der Waals surface area contributed by atoms with Crippen LogP contribution in [0.5, 0.6) is 0 Å². The second-order valence-corrected chi connectivity index (χ2v) is 5.86. The Bertz CT molecular complexity index is 916. The molecule has 0 N–H and O–H groups in total. The average Bonchev–Trinajstić information content (AvgIpc) is 3.10. The molecule has 3 rings (SSSR count). The van der Waals surface area contributed by atoms with Gasteiger partial charge in [-0.1, -0.05) is 42.5 Å². The van der Waals surface area contributed by atoms with Crippen LogP contribution < -0.4 is 0 Å². The van der Waals surface area contributed by atoms with Crippen molar-refractivity contribution in [2.75, 3.05) is 0 Å². The Morgan fingerprint density at radius 2 is 1.83 bits per heavy atom. The van der Waals surface area contributed by atoms with Crippen molar-refractivity contribution in [3.63, 3.8) is 0 Å². The standard InChI is InChI=1S/C20H13FN2S/c21-18-11-9-16(10-12-18)19-14-24-20(23-19)17(13-22)8-4-7-15-5-2-1-3-6-15/h1-12,14H/b7-4+,17-8-. The van der Waals surface area contributed by atoms with Gasteiger partial charge >= 0.3 is 0 Å². The lowest BCUT2D eigenvalue weighted by atomic mass is 10.2. The fraction of sp³-hybridized carbons (Fsp3) is 0. The summed E-state index contributed by atoms with van der Waals surface area (Å²) in [6, 6.07) is 18.2. The number of nitrogens with zero attached hydrogens (tertiary/aromatic N) is 2. The van der Waals surface area contributed by atoms with E-state index >= 15 is 0 Å². The van der Waals surface area contributed by atoms with Gasteiger partial charge in [-0.15, -0.1) is 11.3 Å². The minimum atomic E-state index is -0.280. The second kappa shape index (κ2) is 7.49. The molecule has 0 aliphatic heterocycles. The van der Waals surface area contributed by atoms with E-state index in [1.807, 2.05) is 47.9 Å². The SMILES string of the molecule is N#C/C(=C/C=C/c1ccccc1)c1nc(-c2ccc(F)cc2)cs1. The Morgan fingerprint density at radius 3 is 2.54 bits per heavy atom. The van der Waals surface area contributed by atoms with Crippen molar-refractivity contribution in [3.05, 3.63) is 88.5 Å². The highest BCUT2D eigenvalue weighted by molar-refractivity contribution is 7.11. The number of thiazole rings is 1. The molecule has 0 saturated carbocycles. The van der Waals surface area contributed by atoms with E-state index in [0.29, 0.717) is 10.6 Å². The summed E-state index contributed by atoms with van der Waals surface area (Å²) in [5, 5.41) is 11.9. The summed E-state index contributed by atoms with van der Waals surface area (Å²) >= 11 is 1.40. The van der Waals surface area contributed by atoms with Crippen molar-refractivity contribution in [3.8, 4) is 17.3 Å². The van der Waals surface area contributed by atoms with E-state index in [-0.39, 0.29) is 5.82 Å². The van der Waals surface area contributed by atoms with Gasteiger partial charge in [0.1, 0.15) is 16.9 Å². The Labute approximate surface area is 143 Å². The molecule has 3 aromatic rings. The predicted octanol–water partition coefficient (Wildman–Crippen LogP) is 5.57. The van der Waals surface area contributed by atoms with Crippen molar-refractivity contribution in [2.24, 2.45) is 0 Å². The van der Waals surface area contributed by atoms with Crippen LogP contribution >= 0.6 is 11.3 Å². The van der Waals surface area contributed by atoms with Gasteiger partial charge in [0.2, 0.25) is 0 Å². The minimum Gasteiger partial charge on any atom is -0.235 e. The molecule has 116 valence electrons. The molecule has 0 saturated heterocycles. The summed E-state index contributed by atoms with van der Waals surface area (Å²) in [6.07, 6.45) is 5.53. The van der Waals surface area contributed by atoms with Crippen LogP contribution in [-0.2, 0) is 0 Å². The number of aromatic nitrogens is 1. The van der Waals surface area contributed by atoms with E-state index < -0.39 is 0 Å². The summed E-state index contributed by atoms with van der Waals surface area (Å²) in [7, 11) is 0. The molecule has 0 aliphatic carbocycles. The molecule has 0 amide bonds. The van der Waals surface area contributed by atoms with Gasteiger partial charge < -0.3 is 0 Å². The van der Waals surface area contributed by atoms with Crippen molar-refractivity contribution >= 4 is 23.0 Å². The lowest BCUT2D eigenvalue weighted by Crippen LogP contribution is -1.82. The molecule has 0 fully saturated rings. The van der Waals surface area contributed by atoms with E-state index in [1.165, 1.54) is 23.5 Å². The first-order valence-corrected chi connectivity index (χ1v) is 8.19. The normalized spacial score (nSPS) is 11.6. The molecule has 0 atom stereocenters. The Balaban J connectivity index is 1.82. The highest BCUT2D eigenvalue weighted by Gasteiger charge is 2.08. The Hall–Kier alpha value is -3.03. The molecule has 0 unspecified atom stereocenters. The zero-order chi connectivity index (χ0) is 16.8. The second-order valence-electron chi connectivity index (χ2n) is 5.01. The van der Waals surface area contributed by atoms with Crippen LogP contribution in [-0.4, -0.2) is 4.98 Å². The monoisotopic (exact) mass is 332 g/mol. The van der Waals surface area contributed by atoms with Crippen molar-refractivity contribution < 1.29 is 4.39 Å². The number of hydrogen-bond donors (Lipinski definition) is 0. The first-order valence-electron chi connectivity index (χ1n) is 7.31. The Morgan fingerprint density at radius 1 is 1.08 bits per heavy atom. The molecule has 24 heavy (non-hydrogen) atoms. The van der Waals surface area contributed by atoms with Crippen LogP contribution in [0.3, 0.4) is 0 Å². The van der Waals surface area contributed by atoms with Crippen LogP contribution in [0, 0.1) is 17.1 Å². The molecule has 0 radical (unpaired) electrons. The number of hydrogen-bond acceptors (Lipinski definition) is 3. The van der Waals surface area contributed by atoms with Crippen molar-refractivity contribution in [2.45, 2.75) is 0 Å². The lowest BCUT2D eigenvalue weighted by Gasteiger charge is -1.95. The van der Waals surface area contributed by atoms with Gasteiger partial charge in [0.05, 0.1) is 11.3 Å². The van der Waals surface area contributed by atoms with Crippen LogP contribution in [0.4, 0.5) is 4.39 Å².